The maximum Gasteiger partial charge on any atom is 0.414 e. The van der Waals surface area contributed by atoms with Crippen LogP contribution in [-0.2, 0) is 16.1 Å². The summed E-state index contributed by atoms with van der Waals surface area (Å²) in [5, 5.41) is 9.03. The highest BCUT2D eigenvalue weighted by Crippen LogP contribution is 2.29. The molecule has 10 heteroatoms. The number of nitrogens with one attached hydrogen (secondary N) is 3. The van der Waals surface area contributed by atoms with Gasteiger partial charge in [0.2, 0.25) is 5.91 Å². The molecule has 1 aliphatic rings. The molecule has 168 valence electrons. The largest absolute Gasteiger partial charge is 0.442 e. The summed E-state index contributed by atoms with van der Waals surface area (Å²) in [5.41, 5.74) is 15.3. The third kappa shape index (κ3) is 5.67. The molecular weight excluding hydrogens is 415 g/mol. The number of nitrogens with zero attached hydrogens (tertiary/aromatic N) is 2. The van der Waals surface area contributed by atoms with E-state index in [1.54, 1.807) is 12.1 Å². The maximum absolute atomic E-state index is 14.8. The summed E-state index contributed by atoms with van der Waals surface area (Å²) in [6, 6.07) is 12.0. The SMILES string of the molecule is CC(=O)NC[C@H]1CN(c2ccc(-c3ccc(CNC/C(=C/N)N=N)cc3)c(F)c2)C(=O)O1. The Kier molecular flexibility index (Phi) is 7.50. The first-order valence-electron chi connectivity index (χ1n) is 10.0. The van der Waals surface area contributed by atoms with Gasteiger partial charge in [0.1, 0.15) is 11.9 Å². The maximum atomic E-state index is 14.8. The molecule has 0 aromatic heterocycles. The standard InChI is InChI=1S/C22H25FN6O3/c1-14(30)27-12-19-13-29(22(31)32-19)18-6-7-20(21(23)8-18)16-4-2-15(3-5-16)10-26-11-17(9-24)28-25/h2-9,19,25-26H,10-13,24H2,1H3,(H,27,30)/b17-9-,28-25?/t19-/m0/s1. The summed E-state index contributed by atoms with van der Waals surface area (Å²) in [4.78, 5) is 24.5. The van der Waals surface area contributed by atoms with Gasteiger partial charge in [-0.3, -0.25) is 9.69 Å². The fourth-order valence-corrected chi connectivity index (χ4v) is 3.28. The van der Waals surface area contributed by atoms with E-state index in [4.69, 9.17) is 16.0 Å². The molecule has 1 atom stereocenters. The zero-order valence-corrected chi connectivity index (χ0v) is 17.6. The lowest BCUT2D eigenvalue weighted by Crippen LogP contribution is -2.33. The Bertz CT molecular complexity index is 1020. The Morgan fingerprint density at radius 2 is 2.09 bits per heavy atom. The first kappa shape index (κ1) is 22.9. The van der Waals surface area contributed by atoms with Crippen LogP contribution >= 0.6 is 0 Å². The molecule has 5 N–H and O–H groups in total. The molecule has 1 heterocycles. The molecule has 1 saturated heterocycles. The van der Waals surface area contributed by atoms with Crippen molar-refractivity contribution in [1.29, 1.82) is 5.53 Å². The molecule has 0 aliphatic carbocycles. The zero-order chi connectivity index (χ0) is 23.1. The molecule has 0 bridgehead atoms. The van der Waals surface area contributed by atoms with Crippen molar-refractivity contribution in [3.8, 4) is 11.1 Å². The smallest absolute Gasteiger partial charge is 0.414 e. The van der Waals surface area contributed by atoms with Crippen LogP contribution in [0.3, 0.4) is 0 Å². The van der Waals surface area contributed by atoms with E-state index in [9.17, 15) is 14.0 Å². The number of carbonyl (C=O) groups is 2. The van der Waals surface area contributed by atoms with E-state index in [2.05, 4.69) is 15.7 Å². The first-order valence-corrected chi connectivity index (χ1v) is 10.0. The predicted octanol–water partition coefficient (Wildman–Crippen LogP) is 2.87. The molecule has 2 amide bonds. The fourth-order valence-electron chi connectivity index (χ4n) is 3.28. The lowest BCUT2D eigenvalue weighted by atomic mass is 10.0. The number of hydrogen-bond acceptors (Lipinski definition) is 7. The summed E-state index contributed by atoms with van der Waals surface area (Å²) in [7, 11) is 0. The molecule has 1 aliphatic heterocycles. The number of halogens is 1. The van der Waals surface area contributed by atoms with Gasteiger partial charge >= 0.3 is 6.09 Å². The van der Waals surface area contributed by atoms with E-state index in [1.807, 2.05) is 24.3 Å². The van der Waals surface area contributed by atoms with Crippen molar-refractivity contribution < 1.29 is 18.7 Å². The summed E-state index contributed by atoms with van der Waals surface area (Å²) in [6.45, 7) is 2.75. The number of carbonyl (C=O) groups excluding carboxylic acids is 2. The monoisotopic (exact) mass is 440 g/mol. The molecular formula is C22H25FN6O3. The van der Waals surface area contributed by atoms with Gasteiger partial charge in [0, 0.05) is 31.8 Å². The summed E-state index contributed by atoms with van der Waals surface area (Å²) < 4.78 is 20.1. The zero-order valence-electron chi connectivity index (χ0n) is 17.6. The van der Waals surface area contributed by atoms with Crippen molar-refractivity contribution in [3.63, 3.8) is 0 Å². The van der Waals surface area contributed by atoms with Crippen LogP contribution in [0.4, 0.5) is 14.9 Å². The predicted molar refractivity (Wildman–Crippen MR) is 117 cm³/mol. The number of amides is 2. The van der Waals surface area contributed by atoms with Gasteiger partial charge in [0.05, 0.1) is 24.5 Å². The van der Waals surface area contributed by atoms with E-state index in [0.717, 1.165) is 5.56 Å². The summed E-state index contributed by atoms with van der Waals surface area (Å²) >= 11 is 0. The van der Waals surface area contributed by atoms with E-state index >= 15 is 0 Å². The molecule has 2 aromatic carbocycles. The first-order chi connectivity index (χ1) is 15.4. The van der Waals surface area contributed by atoms with Gasteiger partial charge in [-0.15, -0.1) is 0 Å². The number of nitrogens with two attached hydrogens (primary N) is 1. The fraction of sp³-hybridized carbons (Fsp3) is 0.273. The van der Waals surface area contributed by atoms with Crippen LogP contribution in [0.5, 0.6) is 0 Å². The van der Waals surface area contributed by atoms with Gasteiger partial charge < -0.3 is 21.1 Å². The van der Waals surface area contributed by atoms with Crippen molar-refractivity contribution in [3.05, 3.63) is 65.7 Å². The third-order valence-electron chi connectivity index (χ3n) is 4.95. The van der Waals surface area contributed by atoms with Crippen LogP contribution in [0.15, 0.2) is 59.5 Å². The number of hydrogen-bond donors (Lipinski definition) is 4. The second-order valence-corrected chi connectivity index (χ2v) is 7.29. The minimum absolute atomic E-state index is 0.209. The number of ether oxygens (including phenoxy) is 1. The highest BCUT2D eigenvalue weighted by molar-refractivity contribution is 5.90. The van der Waals surface area contributed by atoms with Crippen LogP contribution in [-0.4, -0.2) is 37.7 Å². The van der Waals surface area contributed by atoms with Gasteiger partial charge in [-0.1, -0.05) is 24.3 Å². The van der Waals surface area contributed by atoms with Gasteiger partial charge in [-0.25, -0.2) is 14.7 Å². The van der Waals surface area contributed by atoms with E-state index in [-0.39, 0.29) is 19.0 Å². The Balaban J connectivity index is 1.64. The second kappa shape index (κ2) is 10.5. The van der Waals surface area contributed by atoms with Crippen molar-refractivity contribution in [2.45, 2.75) is 19.6 Å². The van der Waals surface area contributed by atoms with E-state index in [0.29, 0.717) is 35.6 Å². The Hall–Kier alpha value is -3.79. The lowest BCUT2D eigenvalue weighted by Gasteiger charge is -2.15. The molecule has 2 aromatic rings. The highest BCUT2D eigenvalue weighted by atomic mass is 19.1. The molecule has 0 spiro atoms. The Labute approximate surface area is 184 Å². The molecule has 0 saturated carbocycles. The molecule has 3 rings (SSSR count). The molecule has 32 heavy (non-hydrogen) atoms. The average molecular weight is 440 g/mol. The Morgan fingerprint density at radius 1 is 1.34 bits per heavy atom. The molecule has 9 nitrogen and oxygen atoms in total. The van der Waals surface area contributed by atoms with Crippen molar-refractivity contribution in [1.82, 2.24) is 10.6 Å². The number of cyclic esters (lactones) is 1. The average Bonchev–Trinajstić information content (AvgIpc) is 3.16. The Morgan fingerprint density at radius 3 is 2.72 bits per heavy atom. The van der Waals surface area contributed by atoms with Gasteiger partial charge in [0.25, 0.3) is 0 Å². The van der Waals surface area contributed by atoms with E-state index in [1.165, 1.54) is 24.1 Å². The number of anilines is 1. The molecule has 0 unspecified atom stereocenters. The minimum atomic E-state index is -0.574. The van der Waals surface area contributed by atoms with E-state index < -0.39 is 18.0 Å². The minimum Gasteiger partial charge on any atom is -0.442 e. The van der Waals surface area contributed by atoms with Gasteiger partial charge in [-0.05, 0) is 29.3 Å². The van der Waals surface area contributed by atoms with Crippen molar-refractivity contribution in [2.24, 2.45) is 10.8 Å². The van der Waals surface area contributed by atoms with Crippen LogP contribution in [0.1, 0.15) is 12.5 Å². The quantitative estimate of drug-likeness (QED) is 0.445. The highest BCUT2D eigenvalue weighted by Gasteiger charge is 2.32. The van der Waals surface area contributed by atoms with Crippen LogP contribution in [0.2, 0.25) is 0 Å². The van der Waals surface area contributed by atoms with Crippen molar-refractivity contribution >= 4 is 17.7 Å². The van der Waals surface area contributed by atoms with Gasteiger partial charge in [-0.2, -0.15) is 5.11 Å². The normalized spacial score (nSPS) is 16.1. The summed E-state index contributed by atoms with van der Waals surface area (Å²) in [6.07, 6.45) is 0.220. The topological polar surface area (TPSA) is 133 Å². The van der Waals surface area contributed by atoms with Crippen molar-refractivity contribution in [2.75, 3.05) is 24.5 Å². The number of rotatable bonds is 9. The third-order valence-corrected chi connectivity index (χ3v) is 4.95. The summed E-state index contributed by atoms with van der Waals surface area (Å²) in [5.74, 6) is -0.668. The molecule has 0 radical (unpaired) electrons. The van der Waals surface area contributed by atoms with Crippen LogP contribution in [0.25, 0.3) is 11.1 Å². The van der Waals surface area contributed by atoms with Gasteiger partial charge in [0.15, 0.2) is 0 Å². The van der Waals surface area contributed by atoms with Crippen LogP contribution < -0.4 is 21.3 Å². The molecule has 1 fully saturated rings. The van der Waals surface area contributed by atoms with Crippen LogP contribution in [0, 0.1) is 11.3 Å². The number of benzene rings is 2. The lowest BCUT2D eigenvalue weighted by molar-refractivity contribution is -0.119. The second-order valence-electron chi connectivity index (χ2n) is 7.29.